The molecule has 0 fully saturated rings. The molecule has 0 radical (unpaired) electrons. The number of rotatable bonds is 8. The van der Waals surface area contributed by atoms with E-state index in [0.717, 1.165) is 0 Å². The number of ether oxygens (including phenoxy) is 2. The fourth-order valence-electron chi connectivity index (χ4n) is 2.92. The fraction of sp³-hybridized carbons (Fsp3) is 0.400. The first kappa shape index (κ1) is 21.1. The number of nitro groups is 1. The number of H-pyrrole nitrogens is 1. The van der Waals surface area contributed by atoms with Crippen LogP contribution in [-0.4, -0.2) is 35.1 Å². The normalized spacial score (nSPS) is 10.8. The summed E-state index contributed by atoms with van der Waals surface area (Å²) in [6.45, 7) is 7.66. The van der Waals surface area contributed by atoms with E-state index >= 15 is 0 Å². The Hall–Kier alpha value is -3.16. The highest BCUT2D eigenvalue weighted by molar-refractivity contribution is 6.08. The van der Waals surface area contributed by atoms with Crippen molar-refractivity contribution in [3.8, 4) is 11.3 Å². The van der Waals surface area contributed by atoms with E-state index in [0.29, 0.717) is 23.4 Å². The number of nitrogens with zero attached hydrogens (tertiary/aromatic N) is 1. The average Bonchev–Trinajstić information content (AvgIpc) is 3.00. The number of benzene rings is 1. The third-order valence-corrected chi connectivity index (χ3v) is 4.02. The Balaban J connectivity index is 2.70. The summed E-state index contributed by atoms with van der Waals surface area (Å²) >= 11 is 0. The maximum atomic E-state index is 12.7. The third kappa shape index (κ3) is 4.57. The molecular weight excluding hydrogens is 364 g/mol. The van der Waals surface area contributed by atoms with Crippen LogP contribution in [0.1, 0.15) is 54.1 Å². The minimum absolute atomic E-state index is 0.0685. The van der Waals surface area contributed by atoms with Crippen LogP contribution >= 0.6 is 0 Å². The molecule has 1 aromatic heterocycles. The van der Waals surface area contributed by atoms with Crippen molar-refractivity contribution in [1.29, 1.82) is 0 Å². The van der Waals surface area contributed by atoms with Crippen LogP contribution in [0, 0.1) is 16.0 Å². The minimum atomic E-state index is -0.648. The SMILES string of the molecule is CCOC(=O)c1c(CC(C)C)[nH]c(-c2ccc([N+](=O)[O-])cc2)c1C(=O)OCC. The third-order valence-electron chi connectivity index (χ3n) is 4.02. The number of aromatic nitrogens is 1. The summed E-state index contributed by atoms with van der Waals surface area (Å²) in [5, 5.41) is 10.9. The van der Waals surface area contributed by atoms with Gasteiger partial charge in [0.05, 0.1) is 35.0 Å². The molecule has 28 heavy (non-hydrogen) atoms. The van der Waals surface area contributed by atoms with Crippen molar-refractivity contribution in [1.82, 2.24) is 4.98 Å². The van der Waals surface area contributed by atoms with Crippen molar-refractivity contribution >= 4 is 17.6 Å². The number of carbonyl (C=O) groups is 2. The molecule has 0 bridgehead atoms. The summed E-state index contributed by atoms with van der Waals surface area (Å²) < 4.78 is 10.3. The number of hydrogen-bond donors (Lipinski definition) is 1. The number of nitrogens with one attached hydrogen (secondary N) is 1. The van der Waals surface area contributed by atoms with Gasteiger partial charge in [-0.25, -0.2) is 9.59 Å². The molecule has 0 aliphatic heterocycles. The lowest BCUT2D eigenvalue weighted by Crippen LogP contribution is -2.15. The van der Waals surface area contributed by atoms with Gasteiger partial charge in [-0.1, -0.05) is 13.8 Å². The Morgan fingerprint density at radius 2 is 1.57 bits per heavy atom. The van der Waals surface area contributed by atoms with E-state index in [1.807, 2.05) is 13.8 Å². The molecule has 1 aromatic carbocycles. The van der Waals surface area contributed by atoms with Gasteiger partial charge < -0.3 is 14.5 Å². The minimum Gasteiger partial charge on any atom is -0.462 e. The lowest BCUT2D eigenvalue weighted by atomic mass is 10.0. The van der Waals surface area contributed by atoms with Crippen LogP contribution in [0.5, 0.6) is 0 Å². The topological polar surface area (TPSA) is 112 Å². The second-order valence-electron chi connectivity index (χ2n) is 6.57. The highest BCUT2D eigenvalue weighted by Gasteiger charge is 2.30. The van der Waals surface area contributed by atoms with E-state index in [9.17, 15) is 19.7 Å². The second-order valence-corrected chi connectivity index (χ2v) is 6.57. The fourth-order valence-corrected chi connectivity index (χ4v) is 2.92. The van der Waals surface area contributed by atoms with Crippen LogP contribution in [-0.2, 0) is 15.9 Å². The number of carbonyl (C=O) groups excluding carboxylic acids is 2. The highest BCUT2D eigenvalue weighted by atomic mass is 16.6. The smallest absolute Gasteiger partial charge is 0.341 e. The molecule has 2 rings (SSSR count). The number of aromatic amines is 1. The van der Waals surface area contributed by atoms with Crippen LogP contribution in [0.25, 0.3) is 11.3 Å². The van der Waals surface area contributed by atoms with E-state index in [1.54, 1.807) is 13.8 Å². The molecule has 0 spiro atoms. The van der Waals surface area contributed by atoms with Gasteiger partial charge in [0.2, 0.25) is 0 Å². The van der Waals surface area contributed by atoms with Crippen molar-refractivity contribution in [2.24, 2.45) is 5.92 Å². The summed E-state index contributed by atoms with van der Waals surface area (Å²) in [6.07, 6.45) is 0.521. The molecule has 8 nitrogen and oxygen atoms in total. The summed E-state index contributed by atoms with van der Waals surface area (Å²) in [5.74, 6) is -1.04. The van der Waals surface area contributed by atoms with Crippen LogP contribution < -0.4 is 0 Å². The zero-order valence-corrected chi connectivity index (χ0v) is 16.4. The van der Waals surface area contributed by atoms with Crippen molar-refractivity contribution < 1.29 is 24.0 Å². The molecule has 0 saturated carbocycles. The molecule has 0 atom stereocenters. The summed E-state index contributed by atoms with van der Waals surface area (Å²) in [6, 6.07) is 5.75. The Kier molecular flexibility index (Phi) is 6.92. The molecule has 8 heteroatoms. The number of hydrogen-bond acceptors (Lipinski definition) is 6. The number of non-ortho nitro benzene ring substituents is 1. The molecule has 0 aliphatic rings. The zero-order valence-electron chi connectivity index (χ0n) is 16.4. The molecule has 0 saturated heterocycles. The van der Waals surface area contributed by atoms with Gasteiger partial charge in [-0.05, 0) is 43.9 Å². The maximum Gasteiger partial charge on any atom is 0.341 e. The van der Waals surface area contributed by atoms with Gasteiger partial charge >= 0.3 is 11.9 Å². The van der Waals surface area contributed by atoms with Gasteiger partial charge in [0.25, 0.3) is 5.69 Å². The lowest BCUT2D eigenvalue weighted by molar-refractivity contribution is -0.384. The first-order valence-electron chi connectivity index (χ1n) is 9.13. The first-order valence-corrected chi connectivity index (χ1v) is 9.13. The van der Waals surface area contributed by atoms with Crippen molar-refractivity contribution in [2.75, 3.05) is 13.2 Å². The van der Waals surface area contributed by atoms with Gasteiger partial charge in [0.15, 0.2) is 0 Å². The summed E-state index contributed by atoms with van der Waals surface area (Å²) in [4.78, 5) is 38.9. The highest BCUT2D eigenvalue weighted by Crippen LogP contribution is 2.32. The van der Waals surface area contributed by atoms with Gasteiger partial charge in [-0.2, -0.15) is 0 Å². The van der Waals surface area contributed by atoms with Gasteiger partial charge in [-0.3, -0.25) is 10.1 Å². The number of esters is 2. The summed E-state index contributed by atoms with van der Waals surface area (Å²) in [7, 11) is 0. The van der Waals surface area contributed by atoms with E-state index in [1.165, 1.54) is 24.3 Å². The zero-order chi connectivity index (χ0) is 20.8. The van der Waals surface area contributed by atoms with E-state index in [2.05, 4.69) is 4.98 Å². The van der Waals surface area contributed by atoms with E-state index in [4.69, 9.17) is 9.47 Å². The predicted molar refractivity (Wildman–Crippen MR) is 103 cm³/mol. The Bertz CT molecular complexity index is 868. The van der Waals surface area contributed by atoms with Crippen LogP contribution in [0.4, 0.5) is 5.69 Å². The first-order chi connectivity index (χ1) is 13.3. The molecule has 2 aromatic rings. The van der Waals surface area contributed by atoms with Gasteiger partial charge in [0, 0.05) is 17.8 Å². The van der Waals surface area contributed by atoms with Crippen LogP contribution in [0.3, 0.4) is 0 Å². The van der Waals surface area contributed by atoms with E-state index in [-0.39, 0.29) is 35.9 Å². The maximum absolute atomic E-state index is 12.7. The Morgan fingerprint density at radius 3 is 2.04 bits per heavy atom. The second kappa shape index (κ2) is 9.16. The van der Waals surface area contributed by atoms with Crippen molar-refractivity contribution in [3.63, 3.8) is 0 Å². The van der Waals surface area contributed by atoms with Crippen LogP contribution in [0.2, 0.25) is 0 Å². The molecule has 0 aliphatic carbocycles. The van der Waals surface area contributed by atoms with Crippen molar-refractivity contribution in [3.05, 3.63) is 51.2 Å². The molecular formula is C20H24N2O6. The predicted octanol–water partition coefficient (Wildman–Crippen LogP) is 4.14. The van der Waals surface area contributed by atoms with Gasteiger partial charge in [0.1, 0.15) is 0 Å². The monoisotopic (exact) mass is 388 g/mol. The quantitative estimate of drug-likeness (QED) is 0.413. The molecule has 0 amide bonds. The molecule has 1 N–H and O–H groups in total. The Labute approximate surface area is 163 Å². The van der Waals surface area contributed by atoms with Crippen molar-refractivity contribution in [2.45, 2.75) is 34.1 Å². The summed E-state index contributed by atoms with van der Waals surface area (Å²) in [5.41, 5.74) is 1.67. The molecule has 1 heterocycles. The largest absolute Gasteiger partial charge is 0.462 e. The van der Waals surface area contributed by atoms with Crippen LogP contribution in [0.15, 0.2) is 24.3 Å². The Morgan fingerprint density at radius 1 is 1.04 bits per heavy atom. The number of nitro benzene ring substituents is 1. The van der Waals surface area contributed by atoms with Gasteiger partial charge in [-0.15, -0.1) is 0 Å². The standard InChI is InChI=1S/C20H24N2O6/c1-5-27-19(23)16-15(11-12(3)4)21-18(17(16)20(24)28-6-2)13-7-9-14(10-8-13)22(25)26/h7-10,12,21H,5-6,11H2,1-4H3. The molecule has 0 unspecified atom stereocenters. The average molecular weight is 388 g/mol. The molecule has 150 valence electrons. The van der Waals surface area contributed by atoms with E-state index < -0.39 is 16.9 Å². The lowest BCUT2D eigenvalue weighted by Gasteiger charge is -2.09.